The summed E-state index contributed by atoms with van der Waals surface area (Å²) in [6.07, 6.45) is 8.23. The fourth-order valence-corrected chi connectivity index (χ4v) is 8.58. The highest BCUT2D eigenvalue weighted by molar-refractivity contribution is 6.01. The van der Waals surface area contributed by atoms with Crippen molar-refractivity contribution < 1.29 is 24.2 Å². The van der Waals surface area contributed by atoms with Gasteiger partial charge in [0.15, 0.2) is 18.2 Å². The van der Waals surface area contributed by atoms with Crippen molar-refractivity contribution in [1.29, 1.82) is 0 Å². The normalized spacial score (nSPS) is 47.7. The maximum Gasteiger partial charge on any atom is 0.303 e. The molecule has 0 bridgehead atoms. The molecule has 0 aromatic carbocycles. The quantitative estimate of drug-likeness (QED) is 0.671. The topological polar surface area (TPSA) is 92.7 Å². The van der Waals surface area contributed by atoms with Crippen LogP contribution < -0.4 is 5.32 Å². The Labute approximate surface area is 183 Å². The van der Waals surface area contributed by atoms with Gasteiger partial charge in [-0.25, -0.2) is 0 Å². The standard InChI is InChI=1S/C25H33NO5/c1-14(27)31-12-21(30)25-13-26-11-16(25)9-19-18-5-4-15-8-17(28)6-7-23(15,2)22(18)20(29)10-24(19,25)3/h6-8,16,18-20,22,26,29H,4-5,9-13H2,1-3H3. The van der Waals surface area contributed by atoms with E-state index in [0.717, 1.165) is 31.4 Å². The molecular formula is C25H33NO5. The molecule has 2 N–H and O–H groups in total. The van der Waals surface area contributed by atoms with Crippen LogP contribution in [0, 0.1) is 39.9 Å². The Morgan fingerprint density at radius 2 is 2.10 bits per heavy atom. The van der Waals surface area contributed by atoms with E-state index in [0.29, 0.717) is 24.8 Å². The molecule has 0 amide bonds. The van der Waals surface area contributed by atoms with Crippen LogP contribution in [-0.2, 0) is 19.1 Å². The summed E-state index contributed by atoms with van der Waals surface area (Å²) < 4.78 is 5.15. The number of rotatable bonds is 3. The second-order valence-electron chi connectivity index (χ2n) is 11.0. The van der Waals surface area contributed by atoms with E-state index in [1.807, 2.05) is 6.08 Å². The highest BCUT2D eigenvalue weighted by Gasteiger charge is 2.72. The van der Waals surface area contributed by atoms with Crippen molar-refractivity contribution in [2.75, 3.05) is 19.7 Å². The second kappa shape index (κ2) is 6.85. The number of hydrogen-bond donors (Lipinski definition) is 2. The summed E-state index contributed by atoms with van der Waals surface area (Å²) in [4.78, 5) is 36.9. The van der Waals surface area contributed by atoms with Crippen LogP contribution in [-0.4, -0.2) is 48.4 Å². The van der Waals surface area contributed by atoms with Gasteiger partial charge in [-0.3, -0.25) is 14.4 Å². The fourth-order valence-electron chi connectivity index (χ4n) is 8.58. The Bertz CT molecular complexity index is 908. The van der Waals surface area contributed by atoms with Gasteiger partial charge in [0.05, 0.1) is 11.5 Å². The first kappa shape index (κ1) is 21.1. The Hall–Kier alpha value is -1.79. The zero-order valence-corrected chi connectivity index (χ0v) is 18.6. The van der Waals surface area contributed by atoms with Gasteiger partial charge >= 0.3 is 5.97 Å². The van der Waals surface area contributed by atoms with Crippen LogP contribution in [0.5, 0.6) is 0 Å². The van der Waals surface area contributed by atoms with Gasteiger partial charge in [0, 0.05) is 24.8 Å². The minimum absolute atomic E-state index is 0.000819. The van der Waals surface area contributed by atoms with E-state index in [1.54, 1.807) is 12.2 Å². The third kappa shape index (κ3) is 2.67. The summed E-state index contributed by atoms with van der Waals surface area (Å²) in [5.41, 5.74) is -0.105. The molecule has 5 aliphatic rings. The van der Waals surface area contributed by atoms with Crippen LogP contribution in [0.4, 0.5) is 0 Å². The highest BCUT2D eigenvalue weighted by atomic mass is 16.5. The predicted molar refractivity (Wildman–Crippen MR) is 114 cm³/mol. The molecule has 6 nitrogen and oxygen atoms in total. The first-order valence-corrected chi connectivity index (χ1v) is 11.6. The Kier molecular flexibility index (Phi) is 4.66. The summed E-state index contributed by atoms with van der Waals surface area (Å²) in [7, 11) is 0. The van der Waals surface area contributed by atoms with Crippen molar-refractivity contribution in [2.24, 2.45) is 39.9 Å². The average molecular weight is 428 g/mol. The van der Waals surface area contributed by atoms with Crippen LogP contribution in [0.1, 0.15) is 46.5 Å². The first-order valence-electron chi connectivity index (χ1n) is 11.6. The van der Waals surface area contributed by atoms with Gasteiger partial charge < -0.3 is 15.2 Å². The van der Waals surface area contributed by atoms with Crippen LogP contribution in [0.2, 0.25) is 0 Å². The molecule has 5 rings (SSSR count). The molecular weight excluding hydrogens is 394 g/mol. The smallest absolute Gasteiger partial charge is 0.303 e. The number of carbonyl (C=O) groups is 3. The van der Waals surface area contributed by atoms with Crippen LogP contribution in [0.15, 0.2) is 23.8 Å². The summed E-state index contributed by atoms with van der Waals surface area (Å²) in [5.74, 6) is 0.494. The molecule has 1 saturated heterocycles. The van der Waals surface area contributed by atoms with E-state index in [4.69, 9.17) is 4.74 Å². The maximum absolute atomic E-state index is 13.6. The van der Waals surface area contributed by atoms with E-state index in [2.05, 4.69) is 19.2 Å². The fraction of sp³-hybridized carbons (Fsp3) is 0.720. The number of carbonyl (C=O) groups excluding carboxylic acids is 3. The zero-order chi connectivity index (χ0) is 22.2. The number of Topliss-reactive ketones (excluding diaryl/α,β-unsaturated/α-hetero) is 1. The van der Waals surface area contributed by atoms with Crippen molar-refractivity contribution in [2.45, 2.75) is 52.6 Å². The number of nitrogens with one attached hydrogen (secondary N) is 1. The molecule has 6 heteroatoms. The summed E-state index contributed by atoms with van der Waals surface area (Å²) >= 11 is 0. The van der Waals surface area contributed by atoms with Gasteiger partial charge in [-0.15, -0.1) is 0 Å². The van der Waals surface area contributed by atoms with E-state index >= 15 is 0 Å². The summed E-state index contributed by atoms with van der Waals surface area (Å²) in [5, 5.41) is 15.0. The second-order valence-corrected chi connectivity index (χ2v) is 11.0. The molecule has 1 heterocycles. The van der Waals surface area contributed by atoms with E-state index in [-0.39, 0.29) is 40.8 Å². The van der Waals surface area contributed by atoms with Crippen molar-refractivity contribution in [3.63, 3.8) is 0 Å². The predicted octanol–water partition coefficient (Wildman–Crippen LogP) is 2.21. The van der Waals surface area contributed by atoms with Crippen LogP contribution >= 0.6 is 0 Å². The molecule has 0 aromatic heterocycles. The summed E-state index contributed by atoms with van der Waals surface area (Å²) in [6, 6.07) is 0. The lowest BCUT2D eigenvalue weighted by Gasteiger charge is -2.60. The number of allylic oxidation sites excluding steroid dienone is 4. The monoisotopic (exact) mass is 427 g/mol. The van der Waals surface area contributed by atoms with Gasteiger partial charge in [0.1, 0.15) is 0 Å². The van der Waals surface area contributed by atoms with E-state index in [9.17, 15) is 19.5 Å². The third-order valence-corrected chi connectivity index (χ3v) is 9.84. The molecule has 4 aliphatic carbocycles. The lowest BCUT2D eigenvalue weighted by Crippen LogP contribution is -2.60. The number of aliphatic hydroxyl groups is 1. The molecule has 8 unspecified atom stereocenters. The van der Waals surface area contributed by atoms with Gasteiger partial charge in [-0.1, -0.05) is 25.5 Å². The van der Waals surface area contributed by atoms with E-state index < -0.39 is 17.5 Å². The lowest BCUT2D eigenvalue weighted by molar-refractivity contribution is -0.163. The van der Waals surface area contributed by atoms with Crippen molar-refractivity contribution in [3.8, 4) is 0 Å². The molecule has 0 spiro atoms. The largest absolute Gasteiger partial charge is 0.458 e. The number of ketones is 2. The SMILES string of the molecule is CC(=O)OCC(=O)C12CNCC1CC1C3CCC4=CC(=O)C=CC4(C)C3C(O)CC12C. The number of aliphatic hydroxyl groups excluding tert-OH is 1. The molecule has 3 saturated carbocycles. The number of fused-ring (bicyclic) bond motifs is 7. The van der Waals surface area contributed by atoms with Crippen LogP contribution in [0.3, 0.4) is 0 Å². The van der Waals surface area contributed by atoms with Gasteiger partial charge in [-0.05, 0) is 67.5 Å². The molecule has 8 atom stereocenters. The van der Waals surface area contributed by atoms with Gasteiger partial charge in [-0.2, -0.15) is 0 Å². The Balaban J connectivity index is 1.53. The first-order chi connectivity index (χ1) is 14.6. The van der Waals surface area contributed by atoms with Gasteiger partial charge in [0.2, 0.25) is 0 Å². The number of esters is 1. The third-order valence-electron chi connectivity index (χ3n) is 9.84. The van der Waals surface area contributed by atoms with Crippen molar-refractivity contribution >= 4 is 17.5 Å². The van der Waals surface area contributed by atoms with Crippen LogP contribution in [0.25, 0.3) is 0 Å². The van der Waals surface area contributed by atoms with Crippen molar-refractivity contribution in [1.82, 2.24) is 5.32 Å². The van der Waals surface area contributed by atoms with E-state index in [1.165, 1.54) is 6.92 Å². The summed E-state index contributed by atoms with van der Waals surface area (Å²) in [6.45, 7) is 6.90. The molecule has 168 valence electrons. The average Bonchev–Trinajstić information content (AvgIpc) is 3.23. The van der Waals surface area contributed by atoms with Gasteiger partial charge in [0.25, 0.3) is 0 Å². The lowest BCUT2D eigenvalue weighted by atomic mass is 9.44. The number of ether oxygens (including phenoxy) is 1. The zero-order valence-electron chi connectivity index (χ0n) is 18.6. The Morgan fingerprint density at radius 1 is 1.32 bits per heavy atom. The van der Waals surface area contributed by atoms with Crippen molar-refractivity contribution in [3.05, 3.63) is 23.8 Å². The highest BCUT2D eigenvalue weighted by Crippen LogP contribution is 2.71. The maximum atomic E-state index is 13.6. The molecule has 1 aliphatic heterocycles. The molecule has 31 heavy (non-hydrogen) atoms. The molecule has 0 aromatic rings. The minimum atomic E-state index is -0.603. The molecule has 4 fully saturated rings. The number of hydrogen-bond acceptors (Lipinski definition) is 6. The molecule has 0 radical (unpaired) electrons. The minimum Gasteiger partial charge on any atom is -0.458 e. The Morgan fingerprint density at radius 3 is 2.84 bits per heavy atom.